The summed E-state index contributed by atoms with van der Waals surface area (Å²) < 4.78 is 0. The van der Waals surface area contributed by atoms with E-state index in [1.807, 2.05) is 19.1 Å². The van der Waals surface area contributed by atoms with Crippen LogP contribution in [0.5, 0.6) is 0 Å². The summed E-state index contributed by atoms with van der Waals surface area (Å²) >= 11 is 0. The number of nitrogens with zero attached hydrogens (tertiary/aromatic N) is 1. The average Bonchev–Trinajstić information content (AvgIpc) is 2.68. The van der Waals surface area contributed by atoms with Gasteiger partial charge in [-0.3, -0.25) is 9.59 Å². The van der Waals surface area contributed by atoms with Crippen LogP contribution in [0.2, 0.25) is 0 Å². The number of carbonyl (C=O) groups excluding carboxylic acids is 2. The van der Waals surface area contributed by atoms with Gasteiger partial charge in [0.2, 0.25) is 5.91 Å². The molecule has 1 aromatic carbocycles. The van der Waals surface area contributed by atoms with Crippen molar-refractivity contribution in [2.24, 2.45) is 5.10 Å². The van der Waals surface area contributed by atoms with E-state index in [4.69, 9.17) is 0 Å². The lowest BCUT2D eigenvalue weighted by atomic mass is 10.2. The lowest BCUT2D eigenvalue weighted by Crippen LogP contribution is -2.22. The molecule has 5 heteroatoms. The average molecular weight is 217 g/mol. The zero-order valence-corrected chi connectivity index (χ0v) is 8.78. The van der Waals surface area contributed by atoms with Crippen LogP contribution in [0.3, 0.4) is 0 Å². The minimum Gasteiger partial charge on any atom is -0.321 e. The molecule has 2 rings (SSSR count). The van der Waals surface area contributed by atoms with E-state index >= 15 is 0 Å². The Labute approximate surface area is 92.5 Å². The summed E-state index contributed by atoms with van der Waals surface area (Å²) in [6, 6.07) is 7.40. The van der Waals surface area contributed by atoms with Crippen molar-refractivity contribution in [3.8, 4) is 0 Å². The van der Waals surface area contributed by atoms with Crippen LogP contribution >= 0.6 is 0 Å². The van der Waals surface area contributed by atoms with Gasteiger partial charge in [0.1, 0.15) is 5.71 Å². The van der Waals surface area contributed by atoms with E-state index in [1.165, 1.54) is 0 Å². The minimum absolute atomic E-state index is 0.0394. The SMILES string of the molecule is Cc1ccc(NC(=O)C2=NNC(=O)C2)cc1. The molecule has 0 atom stereocenters. The van der Waals surface area contributed by atoms with E-state index in [2.05, 4.69) is 15.8 Å². The van der Waals surface area contributed by atoms with Gasteiger partial charge in [0.15, 0.2) is 0 Å². The van der Waals surface area contributed by atoms with E-state index in [1.54, 1.807) is 12.1 Å². The molecule has 82 valence electrons. The number of hydrogen-bond acceptors (Lipinski definition) is 3. The zero-order valence-electron chi connectivity index (χ0n) is 8.78. The number of benzene rings is 1. The van der Waals surface area contributed by atoms with Gasteiger partial charge in [-0.05, 0) is 19.1 Å². The topological polar surface area (TPSA) is 70.6 Å². The van der Waals surface area contributed by atoms with E-state index in [0.29, 0.717) is 5.69 Å². The molecule has 0 saturated heterocycles. The third-order valence-electron chi connectivity index (χ3n) is 2.22. The Morgan fingerprint density at radius 3 is 2.62 bits per heavy atom. The molecule has 1 aliphatic rings. The van der Waals surface area contributed by atoms with Crippen LogP contribution in [-0.4, -0.2) is 17.5 Å². The van der Waals surface area contributed by atoms with Crippen molar-refractivity contribution < 1.29 is 9.59 Å². The Bertz CT molecular complexity index is 463. The Balaban J connectivity index is 2.02. The van der Waals surface area contributed by atoms with Crippen molar-refractivity contribution in [3.05, 3.63) is 29.8 Å². The molecule has 0 spiro atoms. The molecular formula is C11H11N3O2. The molecule has 5 nitrogen and oxygen atoms in total. The first kappa shape index (κ1) is 10.4. The van der Waals surface area contributed by atoms with Gasteiger partial charge >= 0.3 is 0 Å². The maximum Gasteiger partial charge on any atom is 0.272 e. The molecule has 0 unspecified atom stereocenters. The van der Waals surface area contributed by atoms with Gasteiger partial charge in [-0.25, -0.2) is 5.43 Å². The number of anilines is 1. The summed E-state index contributed by atoms with van der Waals surface area (Å²) in [5.74, 6) is -0.601. The zero-order chi connectivity index (χ0) is 11.5. The van der Waals surface area contributed by atoms with Gasteiger partial charge in [-0.2, -0.15) is 5.10 Å². The van der Waals surface area contributed by atoms with Gasteiger partial charge in [-0.1, -0.05) is 17.7 Å². The summed E-state index contributed by atoms with van der Waals surface area (Å²) in [5, 5.41) is 6.31. The highest BCUT2D eigenvalue weighted by Crippen LogP contribution is 2.09. The molecule has 0 saturated carbocycles. The van der Waals surface area contributed by atoms with Crippen molar-refractivity contribution in [1.82, 2.24) is 5.43 Å². The van der Waals surface area contributed by atoms with Crippen LogP contribution in [0.25, 0.3) is 0 Å². The van der Waals surface area contributed by atoms with Crippen molar-refractivity contribution in [2.45, 2.75) is 13.3 Å². The second-order valence-electron chi connectivity index (χ2n) is 3.59. The van der Waals surface area contributed by atoms with Gasteiger partial charge in [-0.15, -0.1) is 0 Å². The monoisotopic (exact) mass is 217 g/mol. The first-order valence-electron chi connectivity index (χ1n) is 4.88. The molecular weight excluding hydrogens is 206 g/mol. The highest BCUT2D eigenvalue weighted by atomic mass is 16.2. The molecule has 1 aromatic rings. The van der Waals surface area contributed by atoms with Crippen LogP contribution in [0.15, 0.2) is 29.4 Å². The number of rotatable bonds is 2. The number of nitrogens with one attached hydrogen (secondary N) is 2. The third-order valence-corrected chi connectivity index (χ3v) is 2.22. The van der Waals surface area contributed by atoms with Crippen LogP contribution in [0.1, 0.15) is 12.0 Å². The molecule has 0 aliphatic carbocycles. The molecule has 1 aliphatic heterocycles. The molecule has 0 aromatic heterocycles. The fourth-order valence-electron chi connectivity index (χ4n) is 1.33. The maximum atomic E-state index is 11.6. The van der Waals surface area contributed by atoms with Gasteiger partial charge in [0.05, 0.1) is 6.42 Å². The number of hydrogen-bond donors (Lipinski definition) is 2. The third kappa shape index (κ3) is 2.25. The summed E-state index contributed by atoms with van der Waals surface area (Å²) in [6.45, 7) is 1.97. The van der Waals surface area contributed by atoms with E-state index in [9.17, 15) is 9.59 Å². The van der Waals surface area contributed by atoms with E-state index < -0.39 is 0 Å². The van der Waals surface area contributed by atoms with Gasteiger partial charge < -0.3 is 5.32 Å². The molecule has 0 radical (unpaired) electrons. The van der Waals surface area contributed by atoms with Crippen molar-refractivity contribution in [1.29, 1.82) is 0 Å². The van der Waals surface area contributed by atoms with Gasteiger partial charge in [0, 0.05) is 5.69 Å². The smallest absolute Gasteiger partial charge is 0.272 e. The quantitative estimate of drug-likeness (QED) is 0.769. The first-order chi connectivity index (χ1) is 7.65. The lowest BCUT2D eigenvalue weighted by Gasteiger charge is -2.03. The van der Waals surface area contributed by atoms with E-state index in [-0.39, 0.29) is 23.9 Å². The standard InChI is InChI=1S/C11H11N3O2/c1-7-2-4-8(5-3-7)12-11(16)9-6-10(15)14-13-9/h2-5H,6H2,1H3,(H,12,16)(H,14,15). The Morgan fingerprint density at radius 2 is 2.06 bits per heavy atom. The predicted octanol–water partition coefficient (Wildman–Crippen LogP) is 0.809. The Kier molecular flexibility index (Phi) is 2.68. The number of carbonyl (C=O) groups is 2. The number of aryl methyl sites for hydroxylation is 1. The van der Waals surface area contributed by atoms with Crippen molar-refractivity contribution in [3.63, 3.8) is 0 Å². The maximum absolute atomic E-state index is 11.6. The fourth-order valence-corrected chi connectivity index (χ4v) is 1.33. The summed E-state index contributed by atoms with van der Waals surface area (Å²) in [4.78, 5) is 22.5. The van der Waals surface area contributed by atoms with Gasteiger partial charge in [0.25, 0.3) is 5.91 Å². The van der Waals surface area contributed by atoms with Crippen LogP contribution in [0.4, 0.5) is 5.69 Å². The molecule has 2 amide bonds. The summed E-state index contributed by atoms with van der Waals surface area (Å²) in [7, 11) is 0. The largest absolute Gasteiger partial charge is 0.321 e. The molecule has 16 heavy (non-hydrogen) atoms. The van der Waals surface area contributed by atoms with Crippen molar-refractivity contribution >= 4 is 23.2 Å². The Hall–Kier alpha value is -2.17. The molecule has 2 N–H and O–H groups in total. The number of hydrazone groups is 1. The summed E-state index contributed by atoms with van der Waals surface area (Å²) in [5.41, 5.74) is 4.26. The van der Waals surface area contributed by atoms with Crippen molar-refractivity contribution in [2.75, 3.05) is 5.32 Å². The first-order valence-corrected chi connectivity index (χ1v) is 4.88. The molecule has 1 heterocycles. The summed E-state index contributed by atoms with van der Waals surface area (Å²) in [6.07, 6.45) is 0.0394. The highest BCUT2D eigenvalue weighted by Gasteiger charge is 2.21. The van der Waals surface area contributed by atoms with Crippen LogP contribution in [-0.2, 0) is 9.59 Å². The highest BCUT2D eigenvalue weighted by molar-refractivity contribution is 6.46. The van der Waals surface area contributed by atoms with Crippen LogP contribution < -0.4 is 10.7 Å². The molecule has 0 fully saturated rings. The normalized spacial score (nSPS) is 14.3. The van der Waals surface area contributed by atoms with E-state index in [0.717, 1.165) is 5.56 Å². The second kappa shape index (κ2) is 4.14. The molecule has 0 bridgehead atoms. The fraction of sp³-hybridized carbons (Fsp3) is 0.182. The number of amides is 2. The Morgan fingerprint density at radius 1 is 1.38 bits per heavy atom. The second-order valence-corrected chi connectivity index (χ2v) is 3.59. The lowest BCUT2D eigenvalue weighted by molar-refractivity contribution is -0.119. The predicted molar refractivity (Wildman–Crippen MR) is 60.0 cm³/mol. The van der Waals surface area contributed by atoms with Crippen LogP contribution in [0, 0.1) is 6.92 Å². The minimum atomic E-state index is -0.345.